The van der Waals surface area contributed by atoms with Gasteiger partial charge in [-0.25, -0.2) is 0 Å². The molecule has 4 heterocycles. The van der Waals surface area contributed by atoms with E-state index in [1.54, 1.807) is 26.8 Å². The van der Waals surface area contributed by atoms with Gasteiger partial charge in [0.05, 0.1) is 36.7 Å². The van der Waals surface area contributed by atoms with Crippen LogP contribution in [0.15, 0.2) is 16.7 Å². The summed E-state index contributed by atoms with van der Waals surface area (Å²) in [7, 11) is 1.23. The molecule has 3 aliphatic heterocycles. The monoisotopic (exact) mass is 670 g/mol. The first-order valence-corrected chi connectivity index (χ1v) is 16.6. The Morgan fingerprint density at radius 1 is 1.04 bits per heavy atom. The molecule has 5 aliphatic carbocycles. The molecule has 1 aromatic heterocycles. The zero-order chi connectivity index (χ0) is 34.2. The molecule has 48 heavy (non-hydrogen) atoms. The molecular formula is C34H38O14. The molecule has 8 aliphatic rings. The van der Waals surface area contributed by atoms with Gasteiger partial charge in [-0.1, -0.05) is 20.8 Å². The van der Waals surface area contributed by atoms with E-state index in [-0.39, 0.29) is 38.1 Å². The summed E-state index contributed by atoms with van der Waals surface area (Å²) in [6, 6.07) is 1.59. The molecule has 3 spiro atoms. The van der Waals surface area contributed by atoms with E-state index in [0.717, 1.165) is 0 Å². The zero-order valence-electron chi connectivity index (χ0n) is 27.5. The van der Waals surface area contributed by atoms with E-state index in [1.165, 1.54) is 20.3 Å². The molecule has 13 atom stereocenters. The Hall–Kier alpha value is -3.33. The van der Waals surface area contributed by atoms with Crippen molar-refractivity contribution >= 4 is 29.7 Å². The van der Waals surface area contributed by atoms with E-state index in [1.807, 2.05) is 6.92 Å². The predicted molar refractivity (Wildman–Crippen MR) is 153 cm³/mol. The van der Waals surface area contributed by atoms with Crippen LogP contribution in [0.1, 0.15) is 88.8 Å². The van der Waals surface area contributed by atoms with E-state index >= 15 is 0 Å². The number of furan rings is 1. The molecule has 258 valence electrons. The van der Waals surface area contributed by atoms with E-state index < -0.39 is 105 Å². The van der Waals surface area contributed by atoms with Crippen molar-refractivity contribution in [3.8, 4) is 0 Å². The van der Waals surface area contributed by atoms with Crippen molar-refractivity contribution in [3.63, 3.8) is 0 Å². The minimum absolute atomic E-state index is 0.0612. The summed E-state index contributed by atoms with van der Waals surface area (Å²) >= 11 is 0. The third-order valence-corrected chi connectivity index (χ3v) is 13.9. The van der Waals surface area contributed by atoms with Gasteiger partial charge in [0.15, 0.2) is 17.5 Å². The van der Waals surface area contributed by atoms with Crippen LogP contribution in [0.4, 0.5) is 0 Å². The Bertz CT molecular complexity index is 1750. The third-order valence-electron chi connectivity index (χ3n) is 13.9. The first-order valence-electron chi connectivity index (χ1n) is 16.6. The van der Waals surface area contributed by atoms with Gasteiger partial charge in [-0.2, -0.15) is 0 Å². The van der Waals surface area contributed by atoms with Crippen molar-refractivity contribution in [3.05, 3.63) is 23.7 Å². The van der Waals surface area contributed by atoms with Crippen LogP contribution in [0.2, 0.25) is 0 Å². The first kappa shape index (κ1) is 30.7. The molecule has 0 amide bonds. The molecule has 3 saturated heterocycles. The number of carbonyl (C=O) groups is 5. The quantitative estimate of drug-likeness (QED) is 0.355. The van der Waals surface area contributed by atoms with Crippen LogP contribution in [-0.4, -0.2) is 89.1 Å². The summed E-state index contributed by atoms with van der Waals surface area (Å²) in [5, 5.41) is 13.7. The number of Topliss-reactive ketones (excluding diaryl/α,β-unsaturated/α-hetero) is 1. The number of cyclic esters (lactones) is 1. The van der Waals surface area contributed by atoms with E-state index in [9.17, 15) is 29.1 Å². The largest absolute Gasteiger partial charge is 0.469 e. The minimum Gasteiger partial charge on any atom is -0.469 e. The molecule has 9 rings (SSSR count). The zero-order valence-corrected chi connectivity index (χ0v) is 27.5. The summed E-state index contributed by atoms with van der Waals surface area (Å²) in [5.41, 5.74) is -11.5. The van der Waals surface area contributed by atoms with Crippen molar-refractivity contribution < 1.29 is 66.7 Å². The number of ether oxygens (including phenoxy) is 7. The lowest BCUT2D eigenvalue weighted by atomic mass is 9.30. The number of hydrogen-bond acceptors (Lipinski definition) is 14. The highest BCUT2D eigenvalue weighted by molar-refractivity contribution is 6.03. The van der Waals surface area contributed by atoms with Crippen molar-refractivity contribution in [1.82, 2.24) is 0 Å². The molecule has 0 aromatic carbocycles. The number of fused-ring (bicyclic) bond motifs is 7. The van der Waals surface area contributed by atoms with Gasteiger partial charge in [0, 0.05) is 43.4 Å². The molecule has 1 aromatic rings. The van der Waals surface area contributed by atoms with Gasteiger partial charge in [0.2, 0.25) is 0 Å². The fourth-order valence-corrected chi connectivity index (χ4v) is 12.9. The minimum atomic E-state index is -2.34. The van der Waals surface area contributed by atoms with Crippen LogP contribution >= 0.6 is 0 Å². The van der Waals surface area contributed by atoms with Gasteiger partial charge in [-0.15, -0.1) is 0 Å². The van der Waals surface area contributed by atoms with E-state index in [0.29, 0.717) is 11.3 Å². The average molecular weight is 671 g/mol. The molecule has 6 bridgehead atoms. The highest BCUT2D eigenvalue weighted by atomic mass is 16.9. The topological polar surface area (TPSA) is 183 Å². The maximum absolute atomic E-state index is 14.6. The molecule has 14 nitrogen and oxygen atoms in total. The Kier molecular flexibility index (Phi) is 5.44. The summed E-state index contributed by atoms with van der Waals surface area (Å²) in [6.45, 7) is 7.63. The Labute approximate surface area is 275 Å². The Morgan fingerprint density at radius 2 is 1.79 bits per heavy atom. The van der Waals surface area contributed by atoms with Crippen LogP contribution < -0.4 is 0 Å². The first-order chi connectivity index (χ1) is 22.5. The lowest BCUT2D eigenvalue weighted by molar-refractivity contribution is -0.488. The molecule has 1 N–H and O–H groups in total. The van der Waals surface area contributed by atoms with E-state index in [4.69, 9.17) is 37.6 Å². The SMILES string of the molecule is CCC(=O)OC1C2(O)C(OC(C)=O)C3(C)CC24OC2(C)OC15C(CC(=O)OC)C1(C)CC(c6occc6C1=O)C5(O2)C41COC(=O)CC31. The summed E-state index contributed by atoms with van der Waals surface area (Å²) in [6.07, 6.45) is -2.11. The second-order valence-corrected chi connectivity index (χ2v) is 15.7. The van der Waals surface area contributed by atoms with Gasteiger partial charge < -0.3 is 42.7 Å². The number of hydrogen-bond donors (Lipinski definition) is 1. The highest BCUT2D eigenvalue weighted by Gasteiger charge is 3.06. The van der Waals surface area contributed by atoms with Crippen LogP contribution in [0.25, 0.3) is 0 Å². The maximum atomic E-state index is 14.6. The molecule has 0 radical (unpaired) electrons. The van der Waals surface area contributed by atoms with Crippen LogP contribution in [0.3, 0.4) is 0 Å². The smallest absolute Gasteiger partial charge is 0.306 e. The van der Waals surface area contributed by atoms with Gasteiger partial charge in [-0.05, 0) is 24.8 Å². The van der Waals surface area contributed by atoms with Gasteiger partial charge in [0.1, 0.15) is 35.3 Å². The second-order valence-electron chi connectivity index (χ2n) is 15.7. The fourth-order valence-electron chi connectivity index (χ4n) is 12.9. The van der Waals surface area contributed by atoms with Crippen molar-refractivity contribution in [2.24, 2.45) is 28.1 Å². The van der Waals surface area contributed by atoms with Crippen molar-refractivity contribution in [1.29, 1.82) is 0 Å². The highest BCUT2D eigenvalue weighted by Crippen LogP contribution is 2.91. The lowest BCUT2D eigenvalue weighted by Gasteiger charge is -2.78. The third kappa shape index (κ3) is 2.70. The molecular weight excluding hydrogens is 632 g/mol. The number of esters is 4. The summed E-state index contributed by atoms with van der Waals surface area (Å²) < 4.78 is 51.0. The van der Waals surface area contributed by atoms with Gasteiger partial charge in [-0.3, -0.25) is 24.0 Å². The number of ketones is 1. The number of rotatable bonds is 5. The van der Waals surface area contributed by atoms with Gasteiger partial charge >= 0.3 is 23.9 Å². The fraction of sp³-hybridized carbons (Fsp3) is 0.735. The summed E-state index contributed by atoms with van der Waals surface area (Å²) in [5.74, 6) is -7.19. The molecule has 4 saturated carbocycles. The molecule has 7 fully saturated rings. The maximum Gasteiger partial charge on any atom is 0.306 e. The predicted octanol–water partition coefficient (Wildman–Crippen LogP) is 2.09. The normalized spacial score (nSPS) is 52.6. The number of methoxy groups -OCH3 is 1. The van der Waals surface area contributed by atoms with Crippen molar-refractivity contribution in [2.45, 2.75) is 113 Å². The second kappa shape index (κ2) is 8.51. The Morgan fingerprint density at radius 3 is 2.48 bits per heavy atom. The lowest BCUT2D eigenvalue weighted by Crippen LogP contribution is -2.96. The number of carbonyl (C=O) groups excluding carboxylic acids is 5. The summed E-state index contributed by atoms with van der Waals surface area (Å²) in [4.78, 5) is 67.9. The van der Waals surface area contributed by atoms with Crippen LogP contribution in [-0.2, 0) is 52.3 Å². The van der Waals surface area contributed by atoms with Crippen LogP contribution in [0.5, 0.6) is 0 Å². The molecule has 13 unspecified atom stereocenters. The van der Waals surface area contributed by atoms with E-state index in [2.05, 4.69) is 0 Å². The standard InChI is InChI=1S/C34H38O14/c1-7-20(36)45-26-32(40)25(44-15(2)35)28(4)13-31(32)30(14-43-22(38)10-18(28)30)34-17-12-27(3,24(39)16-8-9-42-23(16)17)19(11-21(37)41-6)33(26,34)47-29(5,46-31)48-34/h8-9,17-19,25-26,40H,7,10-14H2,1-6H3. The number of aliphatic hydroxyl groups is 1. The van der Waals surface area contributed by atoms with Gasteiger partial charge in [0.25, 0.3) is 5.97 Å². The average Bonchev–Trinajstić information content (AvgIpc) is 3.71. The van der Waals surface area contributed by atoms with Crippen LogP contribution in [0, 0.1) is 28.1 Å². The Balaban J connectivity index is 1.47. The van der Waals surface area contributed by atoms with Crippen molar-refractivity contribution in [2.75, 3.05) is 13.7 Å². The molecule has 14 heteroatoms.